The molecule has 0 saturated carbocycles. The summed E-state index contributed by atoms with van der Waals surface area (Å²) < 4.78 is 5.47. The first-order valence-electron chi connectivity index (χ1n) is 6.28. The molecule has 21 heavy (non-hydrogen) atoms. The number of aromatic nitrogens is 3. The van der Waals surface area contributed by atoms with Gasteiger partial charge in [0.05, 0.1) is 10.7 Å². The lowest BCUT2D eigenvalue weighted by Gasteiger charge is -1.99. The molecule has 0 saturated heterocycles. The van der Waals surface area contributed by atoms with E-state index in [1.807, 2.05) is 19.9 Å². The SMILES string of the molecule is Cc1nc(C)c(-c2nnc(NC(=O)c3ccccc3)o2)s1. The molecule has 1 amide bonds. The first-order chi connectivity index (χ1) is 10.1. The lowest BCUT2D eigenvalue weighted by Crippen LogP contribution is -2.11. The number of nitrogens with zero attached hydrogens (tertiary/aromatic N) is 3. The van der Waals surface area contributed by atoms with Gasteiger partial charge in [-0.25, -0.2) is 4.98 Å². The van der Waals surface area contributed by atoms with E-state index in [4.69, 9.17) is 4.42 Å². The fourth-order valence-electron chi connectivity index (χ4n) is 1.85. The number of benzene rings is 1. The molecule has 0 atom stereocenters. The van der Waals surface area contributed by atoms with Gasteiger partial charge in [0, 0.05) is 5.56 Å². The molecule has 0 aliphatic rings. The Hall–Kier alpha value is -2.54. The highest BCUT2D eigenvalue weighted by molar-refractivity contribution is 7.15. The number of thiazole rings is 1. The number of rotatable bonds is 3. The van der Waals surface area contributed by atoms with Crippen LogP contribution in [0, 0.1) is 13.8 Å². The fourth-order valence-corrected chi connectivity index (χ4v) is 2.70. The lowest BCUT2D eigenvalue weighted by atomic mass is 10.2. The molecule has 7 heteroatoms. The number of carbonyl (C=O) groups excluding carboxylic acids is 1. The van der Waals surface area contributed by atoms with Crippen LogP contribution in [-0.2, 0) is 0 Å². The van der Waals surface area contributed by atoms with E-state index in [-0.39, 0.29) is 11.9 Å². The molecule has 106 valence electrons. The van der Waals surface area contributed by atoms with E-state index in [0.717, 1.165) is 15.6 Å². The lowest BCUT2D eigenvalue weighted by molar-refractivity contribution is 0.102. The van der Waals surface area contributed by atoms with Crippen molar-refractivity contribution < 1.29 is 9.21 Å². The molecule has 3 aromatic rings. The van der Waals surface area contributed by atoms with Crippen LogP contribution in [0.15, 0.2) is 34.7 Å². The Morgan fingerprint density at radius 3 is 2.62 bits per heavy atom. The number of hydrogen-bond donors (Lipinski definition) is 1. The summed E-state index contributed by atoms with van der Waals surface area (Å²) in [4.78, 5) is 17.1. The largest absolute Gasteiger partial charge is 0.402 e. The van der Waals surface area contributed by atoms with Crippen LogP contribution in [0.4, 0.5) is 6.01 Å². The standard InChI is InChI=1S/C14H12N4O2S/c1-8-11(21-9(2)15-8)13-17-18-14(20-13)16-12(19)10-6-4-3-5-7-10/h3-7H,1-2H3,(H,16,18,19). The first kappa shape index (κ1) is 13.4. The van der Waals surface area contributed by atoms with Crippen LogP contribution < -0.4 is 5.32 Å². The van der Waals surface area contributed by atoms with Crippen LogP contribution in [0.25, 0.3) is 10.8 Å². The van der Waals surface area contributed by atoms with Crippen molar-refractivity contribution in [3.05, 3.63) is 46.6 Å². The van der Waals surface area contributed by atoms with Crippen LogP contribution in [0.1, 0.15) is 21.1 Å². The predicted octanol–water partition coefficient (Wildman–Crippen LogP) is 3.06. The van der Waals surface area contributed by atoms with Gasteiger partial charge in [-0.05, 0) is 26.0 Å². The van der Waals surface area contributed by atoms with E-state index in [9.17, 15) is 4.79 Å². The van der Waals surface area contributed by atoms with Crippen LogP contribution in [-0.4, -0.2) is 21.1 Å². The molecule has 0 bridgehead atoms. The third kappa shape index (κ3) is 2.82. The summed E-state index contributed by atoms with van der Waals surface area (Å²) in [5.74, 6) is 0.0736. The van der Waals surface area contributed by atoms with Crippen molar-refractivity contribution >= 4 is 23.3 Å². The zero-order valence-corrected chi connectivity index (χ0v) is 12.3. The maximum absolute atomic E-state index is 12.0. The summed E-state index contributed by atoms with van der Waals surface area (Å²) in [6, 6.07) is 8.92. The van der Waals surface area contributed by atoms with Crippen LogP contribution in [0.5, 0.6) is 0 Å². The normalized spacial score (nSPS) is 10.6. The van der Waals surface area contributed by atoms with E-state index in [2.05, 4.69) is 20.5 Å². The summed E-state index contributed by atoms with van der Waals surface area (Å²) in [6.45, 7) is 3.79. The van der Waals surface area contributed by atoms with Crippen LogP contribution in [0.3, 0.4) is 0 Å². The molecular formula is C14H12N4O2S. The quantitative estimate of drug-likeness (QED) is 0.804. The molecule has 3 rings (SSSR count). The van der Waals surface area contributed by atoms with E-state index < -0.39 is 0 Å². The average molecular weight is 300 g/mol. The highest BCUT2D eigenvalue weighted by Crippen LogP contribution is 2.29. The van der Waals surface area contributed by atoms with E-state index >= 15 is 0 Å². The minimum atomic E-state index is -0.289. The van der Waals surface area contributed by atoms with Crippen molar-refractivity contribution in [2.75, 3.05) is 5.32 Å². The van der Waals surface area contributed by atoms with Gasteiger partial charge in [-0.1, -0.05) is 23.3 Å². The van der Waals surface area contributed by atoms with Gasteiger partial charge < -0.3 is 4.42 Å². The van der Waals surface area contributed by atoms with Crippen molar-refractivity contribution in [3.63, 3.8) is 0 Å². The second kappa shape index (κ2) is 5.45. The molecule has 0 radical (unpaired) electrons. The molecule has 0 aliphatic heterocycles. The third-order valence-corrected chi connectivity index (χ3v) is 3.84. The molecule has 1 N–H and O–H groups in total. The predicted molar refractivity (Wildman–Crippen MR) is 79.3 cm³/mol. The number of nitrogens with one attached hydrogen (secondary N) is 1. The molecular weight excluding hydrogens is 288 g/mol. The number of carbonyl (C=O) groups is 1. The zero-order valence-electron chi connectivity index (χ0n) is 11.5. The molecule has 6 nitrogen and oxygen atoms in total. The Morgan fingerprint density at radius 1 is 1.19 bits per heavy atom. The summed E-state index contributed by atoms with van der Waals surface area (Å²) in [5, 5.41) is 11.3. The number of hydrogen-bond acceptors (Lipinski definition) is 6. The topological polar surface area (TPSA) is 80.9 Å². The first-order valence-corrected chi connectivity index (χ1v) is 7.09. The molecule has 0 aliphatic carbocycles. The van der Waals surface area contributed by atoms with Crippen molar-refractivity contribution in [2.24, 2.45) is 0 Å². The second-order valence-electron chi connectivity index (χ2n) is 4.38. The minimum absolute atomic E-state index is 0.0734. The van der Waals surface area contributed by atoms with Gasteiger partial charge in [0.2, 0.25) is 0 Å². The van der Waals surface area contributed by atoms with Gasteiger partial charge in [-0.3, -0.25) is 10.1 Å². The molecule has 0 fully saturated rings. The Kier molecular flexibility index (Phi) is 3.49. The molecule has 2 heterocycles. The van der Waals surface area contributed by atoms with Crippen LogP contribution >= 0.6 is 11.3 Å². The Labute approximate surface area is 124 Å². The third-order valence-electron chi connectivity index (χ3n) is 2.78. The van der Waals surface area contributed by atoms with Gasteiger partial charge in [-0.2, -0.15) is 0 Å². The maximum atomic E-state index is 12.0. The molecule has 1 aromatic carbocycles. The van der Waals surface area contributed by atoms with Crippen molar-refractivity contribution in [1.29, 1.82) is 0 Å². The molecule has 0 unspecified atom stereocenters. The van der Waals surface area contributed by atoms with Gasteiger partial charge in [0.25, 0.3) is 11.8 Å². The number of amides is 1. The summed E-state index contributed by atoms with van der Waals surface area (Å²) in [7, 11) is 0. The minimum Gasteiger partial charge on any atom is -0.402 e. The Morgan fingerprint density at radius 2 is 1.95 bits per heavy atom. The number of aryl methyl sites for hydroxylation is 2. The summed E-state index contributed by atoms with van der Waals surface area (Å²) in [6.07, 6.45) is 0. The molecule has 2 aromatic heterocycles. The van der Waals surface area contributed by atoms with Crippen LogP contribution in [0.2, 0.25) is 0 Å². The molecule has 0 spiro atoms. The van der Waals surface area contributed by atoms with Gasteiger partial charge in [-0.15, -0.1) is 16.4 Å². The van der Waals surface area contributed by atoms with E-state index in [1.165, 1.54) is 11.3 Å². The van der Waals surface area contributed by atoms with Crippen molar-refractivity contribution in [3.8, 4) is 10.8 Å². The van der Waals surface area contributed by atoms with E-state index in [0.29, 0.717) is 11.5 Å². The highest BCUT2D eigenvalue weighted by atomic mass is 32.1. The summed E-state index contributed by atoms with van der Waals surface area (Å²) in [5.41, 5.74) is 1.36. The van der Waals surface area contributed by atoms with Gasteiger partial charge in [0.15, 0.2) is 0 Å². The monoisotopic (exact) mass is 300 g/mol. The number of anilines is 1. The van der Waals surface area contributed by atoms with Gasteiger partial charge in [0.1, 0.15) is 4.88 Å². The summed E-state index contributed by atoms with van der Waals surface area (Å²) >= 11 is 1.48. The van der Waals surface area contributed by atoms with Crippen molar-refractivity contribution in [1.82, 2.24) is 15.2 Å². The van der Waals surface area contributed by atoms with E-state index in [1.54, 1.807) is 24.3 Å². The highest BCUT2D eigenvalue weighted by Gasteiger charge is 2.16. The van der Waals surface area contributed by atoms with Gasteiger partial charge >= 0.3 is 6.01 Å². The average Bonchev–Trinajstić information content (AvgIpc) is 3.06. The fraction of sp³-hybridized carbons (Fsp3) is 0.143. The Balaban J connectivity index is 1.80. The second-order valence-corrected chi connectivity index (χ2v) is 5.58. The Bertz CT molecular complexity index is 779. The maximum Gasteiger partial charge on any atom is 0.322 e. The smallest absolute Gasteiger partial charge is 0.322 e. The zero-order chi connectivity index (χ0) is 14.8. The van der Waals surface area contributed by atoms with Crippen molar-refractivity contribution in [2.45, 2.75) is 13.8 Å².